The van der Waals surface area contributed by atoms with Crippen molar-refractivity contribution in [1.82, 2.24) is 9.97 Å². The summed E-state index contributed by atoms with van der Waals surface area (Å²) in [4.78, 5) is 9.84. The largest absolute Gasteiger partial charge is 0.459 e. The molecule has 0 saturated carbocycles. The summed E-state index contributed by atoms with van der Waals surface area (Å²) in [6, 6.07) is 9.91. The fourth-order valence-electron chi connectivity index (χ4n) is 1.88. The second kappa shape index (κ2) is 6.84. The molecule has 0 N–H and O–H groups in total. The van der Waals surface area contributed by atoms with Gasteiger partial charge in [0, 0.05) is 13.1 Å². The minimum Gasteiger partial charge on any atom is -0.459 e. The number of anilines is 1. The molecule has 5 heteroatoms. The van der Waals surface area contributed by atoms with Crippen molar-refractivity contribution < 1.29 is 9.13 Å². The number of nitrogens with zero attached hydrogens (tertiary/aromatic N) is 3. The lowest BCUT2D eigenvalue weighted by atomic mass is 10.2. The molecule has 0 unspecified atom stereocenters. The van der Waals surface area contributed by atoms with Crippen LogP contribution in [0.2, 0.25) is 0 Å². The van der Waals surface area contributed by atoms with E-state index in [-0.39, 0.29) is 11.8 Å². The lowest BCUT2D eigenvalue weighted by Crippen LogP contribution is -2.24. The highest BCUT2D eigenvalue weighted by molar-refractivity contribution is 5.39. The normalized spacial score (nSPS) is 10.3. The Morgan fingerprint density at radius 1 is 1.15 bits per heavy atom. The van der Waals surface area contributed by atoms with Gasteiger partial charge in [0.05, 0.1) is 6.20 Å². The first-order valence-electron chi connectivity index (χ1n) is 6.68. The summed E-state index contributed by atoms with van der Waals surface area (Å²) in [7, 11) is 0. The molecule has 0 bridgehead atoms. The van der Waals surface area contributed by atoms with Gasteiger partial charge in [0.2, 0.25) is 0 Å². The van der Waals surface area contributed by atoms with Gasteiger partial charge >= 0.3 is 6.01 Å². The quantitative estimate of drug-likeness (QED) is 0.812. The maximum atomic E-state index is 13.7. The van der Waals surface area contributed by atoms with Gasteiger partial charge in [-0.2, -0.15) is 4.98 Å². The fraction of sp³-hybridized carbons (Fsp3) is 0.333. The van der Waals surface area contributed by atoms with Gasteiger partial charge in [-0.3, -0.25) is 0 Å². The van der Waals surface area contributed by atoms with Crippen LogP contribution in [-0.4, -0.2) is 23.1 Å². The van der Waals surface area contributed by atoms with Crippen LogP contribution in [0.4, 0.5) is 10.2 Å². The first-order chi connectivity index (χ1) is 9.74. The molecule has 0 atom stereocenters. The van der Waals surface area contributed by atoms with E-state index < -0.39 is 5.82 Å². The maximum absolute atomic E-state index is 13.7. The number of ether oxygens (including phenoxy) is 1. The van der Waals surface area contributed by atoms with Crippen molar-refractivity contribution in [2.45, 2.75) is 20.5 Å². The van der Waals surface area contributed by atoms with Crippen LogP contribution in [-0.2, 0) is 6.61 Å². The lowest BCUT2D eigenvalue weighted by molar-refractivity contribution is 0.279. The number of rotatable bonds is 6. The fourth-order valence-corrected chi connectivity index (χ4v) is 1.88. The molecule has 0 spiro atoms. The minimum atomic E-state index is -0.430. The van der Waals surface area contributed by atoms with Crippen LogP contribution in [0.1, 0.15) is 19.4 Å². The highest BCUT2D eigenvalue weighted by Crippen LogP contribution is 2.18. The second-order valence-electron chi connectivity index (χ2n) is 4.27. The summed E-state index contributed by atoms with van der Waals surface area (Å²) >= 11 is 0. The van der Waals surface area contributed by atoms with Crippen LogP contribution in [0.25, 0.3) is 0 Å². The van der Waals surface area contributed by atoms with Gasteiger partial charge in [-0.25, -0.2) is 9.37 Å². The van der Waals surface area contributed by atoms with E-state index in [1.807, 2.05) is 49.1 Å². The molecule has 0 amide bonds. The average molecular weight is 275 g/mol. The van der Waals surface area contributed by atoms with E-state index in [1.54, 1.807) is 0 Å². The van der Waals surface area contributed by atoms with Crippen LogP contribution in [0.5, 0.6) is 6.01 Å². The smallest absolute Gasteiger partial charge is 0.318 e. The molecule has 0 aliphatic rings. The van der Waals surface area contributed by atoms with Crippen LogP contribution in [0.15, 0.2) is 36.5 Å². The molecule has 0 fully saturated rings. The Kier molecular flexibility index (Phi) is 4.87. The highest BCUT2D eigenvalue weighted by Gasteiger charge is 2.13. The van der Waals surface area contributed by atoms with Gasteiger partial charge < -0.3 is 9.64 Å². The molecule has 4 nitrogen and oxygen atoms in total. The second-order valence-corrected chi connectivity index (χ2v) is 4.27. The third-order valence-corrected chi connectivity index (χ3v) is 2.98. The summed E-state index contributed by atoms with van der Waals surface area (Å²) in [6.45, 7) is 5.64. The number of hydrogen-bond donors (Lipinski definition) is 0. The Morgan fingerprint density at radius 3 is 2.50 bits per heavy atom. The summed E-state index contributed by atoms with van der Waals surface area (Å²) in [6.07, 6.45) is 1.15. The van der Waals surface area contributed by atoms with E-state index in [1.165, 1.54) is 0 Å². The zero-order valence-corrected chi connectivity index (χ0v) is 11.7. The molecular weight excluding hydrogens is 257 g/mol. The summed E-state index contributed by atoms with van der Waals surface area (Å²) in [5.41, 5.74) is 1.02. The average Bonchev–Trinajstić information content (AvgIpc) is 2.50. The number of aromatic nitrogens is 2. The van der Waals surface area contributed by atoms with Gasteiger partial charge in [-0.1, -0.05) is 30.3 Å². The van der Waals surface area contributed by atoms with Gasteiger partial charge in [0.15, 0.2) is 11.6 Å². The van der Waals surface area contributed by atoms with E-state index in [0.29, 0.717) is 19.7 Å². The number of halogens is 1. The minimum absolute atomic E-state index is 0.192. The molecule has 0 aliphatic carbocycles. The molecule has 0 aliphatic heterocycles. The summed E-state index contributed by atoms with van der Waals surface area (Å²) in [5, 5.41) is 0. The Hall–Kier alpha value is -2.17. The van der Waals surface area contributed by atoms with E-state index in [2.05, 4.69) is 9.97 Å². The van der Waals surface area contributed by atoms with Gasteiger partial charge in [0.25, 0.3) is 0 Å². The van der Waals surface area contributed by atoms with Gasteiger partial charge in [-0.15, -0.1) is 0 Å². The third kappa shape index (κ3) is 3.44. The van der Waals surface area contributed by atoms with E-state index in [4.69, 9.17) is 4.74 Å². The number of hydrogen-bond acceptors (Lipinski definition) is 4. The van der Waals surface area contributed by atoms with Crippen molar-refractivity contribution in [3.8, 4) is 6.01 Å². The SMILES string of the molecule is CCN(CC)c1nc(OCc2ccccc2)ncc1F. The van der Waals surface area contributed by atoms with Gasteiger partial charge in [0.1, 0.15) is 6.61 Å². The monoisotopic (exact) mass is 275 g/mol. The first-order valence-corrected chi connectivity index (χ1v) is 6.68. The predicted octanol–water partition coefficient (Wildman–Crippen LogP) is 3.04. The molecule has 1 aromatic carbocycles. The van der Waals surface area contributed by atoms with Crippen molar-refractivity contribution in [2.75, 3.05) is 18.0 Å². The molecule has 106 valence electrons. The summed E-state index contributed by atoms with van der Waals surface area (Å²) in [5.74, 6) is -0.145. The Labute approximate surface area is 118 Å². The van der Waals surface area contributed by atoms with Crippen LogP contribution < -0.4 is 9.64 Å². The lowest BCUT2D eigenvalue weighted by Gasteiger charge is -2.20. The van der Waals surface area contributed by atoms with Crippen LogP contribution in [0.3, 0.4) is 0 Å². The van der Waals surface area contributed by atoms with E-state index >= 15 is 0 Å². The van der Waals surface area contributed by atoms with E-state index in [9.17, 15) is 4.39 Å². The van der Waals surface area contributed by atoms with Crippen LogP contribution >= 0.6 is 0 Å². The molecule has 2 aromatic rings. The Bertz CT molecular complexity index is 544. The van der Waals surface area contributed by atoms with Crippen molar-refractivity contribution >= 4 is 5.82 Å². The topological polar surface area (TPSA) is 38.2 Å². The zero-order valence-electron chi connectivity index (χ0n) is 11.7. The molecule has 1 heterocycles. The number of benzene rings is 1. The van der Waals surface area contributed by atoms with Crippen molar-refractivity contribution in [3.63, 3.8) is 0 Å². The maximum Gasteiger partial charge on any atom is 0.318 e. The van der Waals surface area contributed by atoms with Crippen molar-refractivity contribution in [1.29, 1.82) is 0 Å². The first kappa shape index (κ1) is 14.2. The standard InChI is InChI=1S/C15H18FN3O/c1-3-19(4-2)14-13(16)10-17-15(18-14)20-11-12-8-6-5-7-9-12/h5-10H,3-4,11H2,1-2H3. The molecule has 1 aromatic heterocycles. The van der Waals surface area contributed by atoms with Crippen molar-refractivity contribution in [2.24, 2.45) is 0 Å². The Morgan fingerprint density at radius 2 is 1.85 bits per heavy atom. The molecule has 0 radical (unpaired) electrons. The Balaban J connectivity index is 2.11. The zero-order chi connectivity index (χ0) is 14.4. The molecule has 2 rings (SSSR count). The molecular formula is C15H18FN3O. The highest BCUT2D eigenvalue weighted by atomic mass is 19.1. The van der Waals surface area contributed by atoms with Crippen molar-refractivity contribution in [3.05, 3.63) is 47.9 Å². The molecule has 20 heavy (non-hydrogen) atoms. The summed E-state index contributed by atoms with van der Waals surface area (Å²) < 4.78 is 19.2. The predicted molar refractivity (Wildman–Crippen MR) is 76.3 cm³/mol. The van der Waals surface area contributed by atoms with Gasteiger partial charge in [-0.05, 0) is 19.4 Å². The third-order valence-electron chi connectivity index (χ3n) is 2.98. The van der Waals surface area contributed by atoms with E-state index in [0.717, 1.165) is 11.8 Å². The van der Waals surface area contributed by atoms with Crippen LogP contribution in [0, 0.1) is 5.82 Å². The molecule has 0 saturated heterocycles.